The zero-order valence-electron chi connectivity index (χ0n) is 15.8. The standard InChI is InChI=1S/C24H26O2/c1-21-7-4-18-16-14-23(11-12-23)19-13-15(25)3-9-22(19,2)17(16)5-10-24(18,21)20(26)6-8-21/h3-4,9,13H,5-8,10-12,14H2,1-2H3/t21-,22?,24+/m0/s1. The Bertz CT molecular complexity index is 922. The molecule has 0 N–H and O–H groups in total. The lowest BCUT2D eigenvalue weighted by atomic mass is 9.51. The monoisotopic (exact) mass is 346 g/mol. The summed E-state index contributed by atoms with van der Waals surface area (Å²) in [4.78, 5) is 25.3. The molecular formula is C24H26O2. The second kappa shape index (κ2) is 4.24. The van der Waals surface area contributed by atoms with E-state index in [0.29, 0.717) is 5.78 Å². The SMILES string of the molecule is CC12C=CC(=O)C=C1C1(CC1)CC1=C2CC[C@@]23C(=O)CC[C@]2(C)CC=C13. The van der Waals surface area contributed by atoms with Crippen LogP contribution in [0, 0.1) is 21.7 Å². The van der Waals surface area contributed by atoms with Crippen LogP contribution in [-0.2, 0) is 9.59 Å². The van der Waals surface area contributed by atoms with Crippen molar-refractivity contribution in [2.45, 2.75) is 65.2 Å². The van der Waals surface area contributed by atoms with E-state index in [4.69, 9.17) is 0 Å². The first-order chi connectivity index (χ1) is 12.3. The molecule has 0 aliphatic heterocycles. The molecule has 0 aromatic carbocycles. The van der Waals surface area contributed by atoms with Crippen molar-refractivity contribution in [2.24, 2.45) is 21.7 Å². The fourth-order valence-electron chi connectivity index (χ4n) is 7.44. The summed E-state index contributed by atoms with van der Waals surface area (Å²) >= 11 is 0. The van der Waals surface area contributed by atoms with Crippen LogP contribution in [0.25, 0.3) is 0 Å². The molecule has 2 nitrogen and oxygen atoms in total. The van der Waals surface area contributed by atoms with Gasteiger partial charge in [-0.15, -0.1) is 0 Å². The van der Waals surface area contributed by atoms with Crippen molar-refractivity contribution in [1.82, 2.24) is 0 Å². The summed E-state index contributed by atoms with van der Waals surface area (Å²) in [7, 11) is 0. The fraction of sp³-hybridized carbons (Fsp3) is 0.583. The van der Waals surface area contributed by atoms with Crippen molar-refractivity contribution in [3.63, 3.8) is 0 Å². The molecule has 0 amide bonds. The van der Waals surface area contributed by atoms with Crippen molar-refractivity contribution >= 4 is 11.6 Å². The first-order valence-electron chi connectivity index (χ1n) is 10.3. The van der Waals surface area contributed by atoms with Gasteiger partial charge in [-0.25, -0.2) is 0 Å². The van der Waals surface area contributed by atoms with Crippen LogP contribution in [0.15, 0.2) is 46.6 Å². The molecule has 0 radical (unpaired) electrons. The highest BCUT2D eigenvalue weighted by molar-refractivity contribution is 6.02. The third-order valence-electron chi connectivity index (χ3n) is 9.06. The summed E-state index contributed by atoms with van der Waals surface area (Å²) < 4.78 is 0. The lowest BCUT2D eigenvalue weighted by molar-refractivity contribution is -0.127. The van der Waals surface area contributed by atoms with Crippen molar-refractivity contribution in [2.75, 3.05) is 0 Å². The molecule has 2 fully saturated rings. The van der Waals surface area contributed by atoms with Gasteiger partial charge in [0.25, 0.3) is 0 Å². The predicted octanol–water partition coefficient (Wildman–Crippen LogP) is 5.02. The minimum atomic E-state index is -0.201. The summed E-state index contributed by atoms with van der Waals surface area (Å²) in [5.74, 6) is 0.653. The maximum atomic E-state index is 13.1. The van der Waals surface area contributed by atoms with Crippen LogP contribution < -0.4 is 0 Å². The van der Waals surface area contributed by atoms with Crippen molar-refractivity contribution < 1.29 is 9.59 Å². The Morgan fingerprint density at radius 1 is 1.00 bits per heavy atom. The molecule has 6 aliphatic rings. The maximum Gasteiger partial charge on any atom is 0.178 e. The second-order valence-electron chi connectivity index (χ2n) is 10.1. The molecule has 0 aromatic rings. The largest absolute Gasteiger partial charge is 0.299 e. The van der Waals surface area contributed by atoms with E-state index in [1.54, 1.807) is 6.08 Å². The van der Waals surface area contributed by atoms with Crippen LogP contribution in [0.3, 0.4) is 0 Å². The Hall–Kier alpha value is -1.70. The van der Waals surface area contributed by atoms with E-state index in [9.17, 15) is 9.59 Å². The van der Waals surface area contributed by atoms with Gasteiger partial charge in [0.1, 0.15) is 5.78 Å². The molecule has 6 aliphatic carbocycles. The molecule has 0 aromatic heterocycles. The highest BCUT2D eigenvalue weighted by atomic mass is 16.1. The normalized spacial score (nSPS) is 44.4. The number of rotatable bonds is 0. The van der Waals surface area contributed by atoms with Gasteiger partial charge in [0.05, 0.1) is 5.41 Å². The Morgan fingerprint density at radius 3 is 2.58 bits per heavy atom. The number of hydrogen-bond acceptors (Lipinski definition) is 2. The van der Waals surface area contributed by atoms with E-state index in [1.807, 2.05) is 6.08 Å². The maximum absolute atomic E-state index is 13.1. The van der Waals surface area contributed by atoms with Gasteiger partial charge in [0.2, 0.25) is 0 Å². The minimum Gasteiger partial charge on any atom is -0.299 e. The highest BCUT2D eigenvalue weighted by Gasteiger charge is 2.66. The van der Waals surface area contributed by atoms with Crippen LogP contribution >= 0.6 is 0 Å². The molecule has 1 unspecified atom stereocenters. The van der Waals surface area contributed by atoms with Gasteiger partial charge >= 0.3 is 0 Å². The molecule has 6 rings (SSSR count). The number of carbonyl (C=O) groups is 2. The lowest BCUT2D eigenvalue weighted by Crippen LogP contribution is -2.45. The quantitative estimate of drug-likeness (QED) is 0.617. The van der Waals surface area contributed by atoms with E-state index < -0.39 is 0 Å². The van der Waals surface area contributed by atoms with Gasteiger partial charge < -0.3 is 0 Å². The first-order valence-corrected chi connectivity index (χ1v) is 10.3. The molecule has 0 saturated heterocycles. The smallest absolute Gasteiger partial charge is 0.178 e. The molecule has 26 heavy (non-hydrogen) atoms. The molecule has 3 atom stereocenters. The fourth-order valence-corrected chi connectivity index (χ4v) is 7.44. The van der Waals surface area contributed by atoms with E-state index in [-0.39, 0.29) is 27.4 Å². The van der Waals surface area contributed by atoms with Gasteiger partial charge in [-0.3, -0.25) is 9.59 Å². The van der Waals surface area contributed by atoms with Crippen LogP contribution in [0.5, 0.6) is 0 Å². The summed E-state index contributed by atoms with van der Waals surface area (Å²) in [6.07, 6.45) is 16.6. The number of hydrogen-bond donors (Lipinski definition) is 0. The molecule has 2 spiro atoms. The third-order valence-corrected chi connectivity index (χ3v) is 9.06. The molecule has 0 heterocycles. The van der Waals surface area contributed by atoms with Crippen LogP contribution in [0.4, 0.5) is 0 Å². The Kier molecular flexibility index (Phi) is 2.50. The number of ketones is 2. The Morgan fingerprint density at radius 2 is 1.81 bits per heavy atom. The topological polar surface area (TPSA) is 34.1 Å². The minimum absolute atomic E-state index is 0.110. The van der Waals surface area contributed by atoms with Gasteiger partial charge in [0, 0.05) is 11.8 Å². The molecular weight excluding hydrogens is 320 g/mol. The van der Waals surface area contributed by atoms with E-state index in [2.05, 4.69) is 26.0 Å². The van der Waals surface area contributed by atoms with Crippen molar-refractivity contribution in [3.8, 4) is 0 Å². The van der Waals surface area contributed by atoms with Crippen LogP contribution in [0.2, 0.25) is 0 Å². The zero-order chi connectivity index (χ0) is 17.9. The van der Waals surface area contributed by atoms with Crippen molar-refractivity contribution in [1.29, 1.82) is 0 Å². The molecule has 134 valence electrons. The Balaban J connectivity index is 1.58. The Labute approximate surface area is 155 Å². The average molecular weight is 346 g/mol. The van der Waals surface area contributed by atoms with E-state index >= 15 is 0 Å². The number of Topliss-reactive ketones (excluding diaryl/α,β-unsaturated/α-hetero) is 1. The van der Waals surface area contributed by atoms with Gasteiger partial charge in [0.15, 0.2) is 5.78 Å². The van der Waals surface area contributed by atoms with E-state index in [1.165, 1.54) is 35.1 Å². The summed E-state index contributed by atoms with van der Waals surface area (Å²) in [5.41, 5.74) is 5.80. The lowest BCUT2D eigenvalue weighted by Gasteiger charge is -2.52. The van der Waals surface area contributed by atoms with Crippen LogP contribution in [0.1, 0.15) is 65.2 Å². The number of fused-ring (bicyclic) bond motifs is 4. The van der Waals surface area contributed by atoms with E-state index in [0.717, 1.165) is 38.5 Å². The van der Waals surface area contributed by atoms with Gasteiger partial charge in [-0.2, -0.15) is 0 Å². The summed E-state index contributed by atoms with van der Waals surface area (Å²) in [6.45, 7) is 4.68. The molecule has 0 bridgehead atoms. The molecule has 2 saturated carbocycles. The van der Waals surface area contributed by atoms with Gasteiger partial charge in [-0.05, 0) is 91.6 Å². The third kappa shape index (κ3) is 1.46. The zero-order valence-corrected chi connectivity index (χ0v) is 15.8. The predicted molar refractivity (Wildman–Crippen MR) is 100 cm³/mol. The summed E-state index contributed by atoms with van der Waals surface area (Å²) in [5, 5.41) is 0. The first kappa shape index (κ1) is 15.4. The number of allylic oxidation sites excluding steroid dienone is 8. The molecule has 2 heteroatoms. The van der Waals surface area contributed by atoms with Crippen molar-refractivity contribution in [3.05, 3.63) is 46.6 Å². The number of carbonyl (C=O) groups excluding carboxylic acids is 2. The average Bonchev–Trinajstić information content (AvgIpc) is 3.25. The van der Waals surface area contributed by atoms with Gasteiger partial charge in [-0.1, -0.05) is 24.6 Å². The highest BCUT2D eigenvalue weighted by Crippen LogP contribution is 2.74. The van der Waals surface area contributed by atoms with Crippen LogP contribution in [-0.4, -0.2) is 11.6 Å². The second-order valence-corrected chi connectivity index (χ2v) is 10.1. The summed E-state index contributed by atoms with van der Waals surface area (Å²) in [6, 6.07) is 0.